The second kappa shape index (κ2) is 5.31. The minimum absolute atomic E-state index is 0.174. The molecule has 0 spiro atoms. The number of nitrogen functional groups attached to an aromatic ring is 1. The van der Waals surface area contributed by atoms with Crippen LogP contribution < -0.4 is 11.1 Å². The van der Waals surface area contributed by atoms with Gasteiger partial charge in [-0.2, -0.15) is 0 Å². The van der Waals surface area contributed by atoms with Crippen molar-refractivity contribution in [3.05, 3.63) is 11.9 Å². The van der Waals surface area contributed by atoms with Gasteiger partial charge in [0.2, 0.25) is 0 Å². The maximum Gasteiger partial charge on any atom is 0.132 e. The number of rotatable bonds is 4. The van der Waals surface area contributed by atoms with E-state index >= 15 is 0 Å². The molecule has 1 saturated carbocycles. The first-order chi connectivity index (χ1) is 8.19. The molecule has 2 rings (SSSR count). The van der Waals surface area contributed by atoms with Gasteiger partial charge < -0.3 is 16.2 Å². The first-order valence-corrected chi connectivity index (χ1v) is 6.24. The van der Waals surface area contributed by atoms with Crippen LogP contribution in [0.5, 0.6) is 0 Å². The number of aliphatic hydroxyl groups excluding tert-OH is 1. The van der Waals surface area contributed by atoms with Crippen LogP contribution in [0.2, 0.25) is 0 Å². The van der Waals surface area contributed by atoms with Gasteiger partial charge in [0.1, 0.15) is 17.5 Å². The molecule has 2 atom stereocenters. The Balaban J connectivity index is 1.96. The number of nitrogens with two attached hydrogens (primary N) is 1. The van der Waals surface area contributed by atoms with Gasteiger partial charge in [0.25, 0.3) is 0 Å². The summed E-state index contributed by atoms with van der Waals surface area (Å²) < 4.78 is 0. The predicted octanol–water partition coefficient (Wildman–Crippen LogP) is 1.19. The molecule has 0 saturated heterocycles. The summed E-state index contributed by atoms with van der Waals surface area (Å²) >= 11 is 0. The third-order valence-electron chi connectivity index (χ3n) is 3.27. The molecule has 0 radical (unpaired) electrons. The molecule has 17 heavy (non-hydrogen) atoms. The van der Waals surface area contributed by atoms with E-state index in [-0.39, 0.29) is 6.10 Å². The number of anilines is 2. The molecule has 5 nitrogen and oxygen atoms in total. The summed E-state index contributed by atoms with van der Waals surface area (Å²) in [7, 11) is 0. The maximum absolute atomic E-state index is 9.72. The van der Waals surface area contributed by atoms with Gasteiger partial charge >= 0.3 is 0 Å². The number of nitrogens with one attached hydrogen (secondary N) is 1. The predicted molar refractivity (Wildman–Crippen MR) is 67.7 cm³/mol. The molecule has 4 N–H and O–H groups in total. The Morgan fingerprint density at radius 1 is 1.47 bits per heavy atom. The summed E-state index contributed by atoms with van der Waals surface area (Å²) in [6, 6.07) is 1.74. The van der Waals surface area contributed by atoms with Crippen molar-refractivity contribution >= 4 is 11.6 Å². The molecule has 0 amide bonds. The third kappa shape index (κ3) is 3.06. The fraction of sp³-hybridized carbons (Fsp3) is 0.667. The van der Waals surface area contributed by atoms with Crippen LogP contribution >= 0.6 is 0 Å². The van der Waals surface area contributed by atoms with Crippen LogP contribution in [-0.4, -0.2) is 27.7 Å². The summed E-state index contributed by atoms with van der Waals surface area (Å²) in [4.78, 5) is 8.48. The molecule has 1 heterocycles. The van der Waals surface area contributed by atoms with Gasteiger partial charge in [-0.25, -0.2) is 9.97 Å². The average Bonchev–Trinajstić information content (AvgIpc) is 2.71. The number of hydrogen-bond donors (Lipinski definition) is 3. The van der Waals surface area contributed by atoms with Crippen molar-refractivity contribution in [1.29, 1.82) is 0 Å². The molecular formula is C12H20N4O. The number of aliphatic hydroxyl groups is 1. The Kier molecular flexibility index (Phi) is 3.78. The van der Waals surface area contributed by atoms with Crippen molar-refractivity contribution in [2.45, 2.75) is 38.7 Å². The highest BCUT2D eigenvalue weighted by Gasteiger charge is 2.24. The Hall–Kier alpha value is -1.36. The highest BCUT2D eigenvalue weighted by molar-refractivity contribution is 5.44. The smallest absolute Gasteiger partial charge is 0.132 e. The zero-order valence-electron chi connectivity index (χ0n) is 10.2. The zero-order chi connectivity index (χ0) is 12.3. The molecule has 1 aliphatic carbocycles. The SMILES string of the molecule is CCc1nc(N)cc(NCC2CCCC2O)n1. The van der Waals surface area contributed by atoms with Gasteiger partial charge in [-0.15, -0.1) is 0 Å². The summed E-state index contributed by atoms with van der Waals surface area (Å²) in [5, 5.41) is 13.0. The normalized spacial score (nSPS) is 23.9. The monoisotopic (exact) mass is 236 g/mol. The highest BCUT2D eigenvalue weighted by Crippen LogP contribution is 2.25. The molecule has 0 aliphatic heterocycles. The van der Waals surface area contributed by atoms with Crippen molar-refractivity contribution in [1.82, 2.24) is 9.97 Å². The molecule has 1 fully saturated rings. The lowest BCUT2D eigenvalue weighted by Gasteiger charge is -2.15. The average molecular weight is 236 g/mol. The van der Waals surface area contributed by atoms with Gasteiger partial charge in [-0.3, -0.25) is 0 Å². The summed E-state index contributed by atoms with van der Waals surface area (Å²) in [5.41, 5.74) is 5.71. The van der Waals surface area contributed by atoms with Gasteiger partial charge in [-0.1, -0.05) is 13.3 Å². The lowest BCUT2D eigenvalue weighted by molar-refractivity contribution is 0.138. The van der Waals surface area contributed by atoms with Crippen LogP contribution in [0.4, 0.5) is 11.6 Å². The fourth-order valence-corrected chi connectivity index (χ4v) is 2.26. The highest BCUT2D eigenvalue weighted by atomic mass is 16.3. The van der Waals surface area contributed by atoms with E-state index < -0.39 is 0 Å². The van der Waals surface area contributed by atoms with Gasteiger partial charge in [0, 0.05) is 24.9 Å². The zero-order valence-corrected chi connectivity index (χ0v) is 10.2. The molecular weight excluding hydrogens is 216 g/mol. The van der Waals surface area contributed by atoms with Gasteiger partial charge in [-0.05, 0) is 12.8 Å². The Morgan fingerprint density at radius 3 is 2.94 bits per heavy atom. The number of hydrogen-bond acceptors (Lipinski definition) is 5. The van der Waals surface area contributed by atoms with Gasteiger partial charge in [0.15, 0.2) is 0 Å². The van der Waals surface area contributed by atoms with Crippen molar-refractivity contribution in [3.63, 3.8) is 0 Å². The van der Waals surface area contributed by atoms with Crippen molar-refractivity contribution in [3.8, 4) is 0 Å². The topological polar surface area (TPSA) is 84.1 Å². The van der Waals surface area contributed by atoms with E-state index in [1.165, 1.54) is 0 Å². The summed E-state index contributed by atoms with van der Waals surface area (Å²) in [6.45, 7) is 2.75. The second-order valence-electron chi connectivity index (χ2n) is 4.59. The Labute approximate surface area is 101 Å². The maximum atomic E-state index is 9.72. The van der Waals surface area contributed by atoms with Crippen molar-refractivity contribution in [2.75, 3.05) is 17.6 Å². The molecule has 0 aromatic carbocycles. The van der Waals surface area contributed by atoms with Crippen LogP contribution in [0.15, 0.2) is 6.07 Å². The van der Waals surface area contributed by atoms with Crippen LogP contribution in [-0.2, 0) is 6.42 Å². The molecule has 0 bridgehead atoms. The molecule has 94 valence electrons. The lowest BCUT2D eigenvalue weighted by atomic mass is 10.1. The molecule has 1 aromatic rings. The second-order valence-corrected chi connectivity index (χ2v) is 4.59. The van der Waals surface area contributed by atoms with Crippen LogP contribution in [0.1, 0.15) is 32.0 Å². The van der Waals surface area contributed by atoms with E-state index in [1.807, 2.05) is 6.92 Å². The Bertz CT molecular complexity index is 383. The quantitative estimate of drug-likeness (QED) is 0.731. The first-order valence-electron chi connectivity index (χ1n) is 6.24. The van der Waals surface area contributed by atoms with E-state index in [1.54, 1.807) is 6.07 Å². The lowest BCUT2D eigenvalue weighted by Crippen LogP contribution is -2.22. The minimum atomic E-state index is -0.174. The van der Waals surface area contributed by atoms with Crippen LogP contribution in [0, 0.1) is 5.92 Å². The van der Waals surface area contributed by atoms with E-state index in [0.29, 0.717) is 11.7 Å². The minimum Gasteiger partial charge on any atom is -0.393 e. The molecule has 1 aromatic heterocycles. The largest absolute Gasteiger partial charge is 0.393 e. The van der Waals surface area contributed by atoms with Crippen molar-refractivity contribution < 1.29 is 5.11 Å². The standard InChI is InChI=1S/C12H20N4O/c1-2-11-15-10(13)6-12(16-11)14-7-8-4-3-5-9(8)17/h6,8-9,17H,2-5,7H2,1H3,(H3,13,14,15,16). The van der Waals surface area contributed by atoms with E-state index in [4.69, 9.17) is 5.73 Å². The van der Waals surface area contributed by atoms with Gasteiger partial charge in [0.05, 0.1) is 6.10 Å². The number of aromatic nitrogens is 2. The number of aryl methyl sites for hydroxylation is 1. The van der Waals surface area contributed by atoms with Crippen molar-refractivity contribution in [2.24, 2.45) is 5.92 Å². The van der Waals surface area contributed by atoms with Crippen LogP contribution in [0.25, 0.3) is 0 Å². The van der Waals surface area contributed by atoms with E-state index in [2.05, 4.69) is 15.3 Å². The first kappa shape index (κ1) is 12.1. The molecule has 1 aliphatic rings. The third-order valence-corrected chi connectivity index (χ3v) is 3.27. The Morgan fingerprint density at radius 2 is 2.29 bits per heavy atom. The van der Waals surface area contributed by atoms with E-state index in [9.17, 15) is 5.11 Å². The summed E-state index contributed by atoms with van der Waals surface area (Å²) in [5.74, 6) is 2.33. The van der Waals surface area contributed by atoms with Crippen LogP contribution in [0.3, 0.4) is 0 Å². The number of nitrogens with zero attached hydrogens (tertiary/aromatic N) is 2. The molecule has 2 unspecified atom stereocenters. The van der Waals surface area contributed by atoms with E-state index in [0.717, 1.165) is 43.9 Å². The molecule has 5 heteroatoms. The fourth-order valence-electron chi connectivity index (χ4n) is 2.26. The summed E-state index contributed by atoms with van der Waals surface area (Å²) in [6.07, 6.45) is 3.70.